The molecule has 3 aromatic rings. The van der Waals surface area contributed by atoms with Crippen LogP contribution in [0.3, 0.4) is 0 Å². The molecule has 0 amide bonds. The van der Waals surface area contributed by atoms with Crippen LogP contribution in [-0.4, -0.2) is 31.3 Å². The number of benzene rings is 2. The zero-order valence-corrected chi connectivity index (χ0v) is 12.2. The summed E-state index contributed by atoms with van der Waals surface area (Å²) >= 11 is 5.17. The van der Waals surface area contributed by atoms with Gasteiger partial charge in [0.15, 0.2) is 5.82 Å². The van der Waals surface area contributed by atoms with Gasteiger partial charge in [-0.05, 0) is 24.4 Å². The van der Waals surface area contributed by atoms with Crippen molar-refractivity contribution in [3.8, 4) is 22.9 Å². The first-order chi connectivity index (χ1) is 10.6. The Morgan fingerprint density at radius 3 is 2.64 bits per heavy atom. The highest BCUT2D eigenvalue weighted by atomic mass is 32.1. The first kappa shape index (κ1) is 14.0. The molecular weight excluding hydrogens is 300 g/mol. The summed E-state index contributed by atoms with van der Waals surface area (Å²) in [6, 6.07) is 13.8. The lowest BCUT2D eigenvalue weighted by atomic mass is 10.2. The quantitative estimate of drug-likeness (QED) is 0.513. The molecule has 0 atom stereocenters. The minimum Gasteiger partial charge on any atom is -0.508 e. The van der Waals surface area contributed by atoms with E-state index in [1.807, 2.05) is 30.3 Å². The number of H-pyrrole nitrogens is 1. The molecule has 2 aromatic carbocycles. The summed E-state index contributed by atoms with van der Waals surface area (Å²) in [5.41, 5.74) is 1.32. The Labute approximate surface area is 131 Å². The van der Waals surface area contributed by atoms with Crippen LogP contribution < -0.4 is 0 Å². The van der Waals surface area contributed by atoms with Crippen molar-refractivity contribution in [2.75, 3.05) is 0 Å². The molecule has 0 saturated heterocycles. The van der Waals surface area contributed by atoms with E-state index in [0.29, 0.717) is 16.2 Å². The lowest BCUT2D eigenvalue weighted by molar-refractivity contribution is 0.450. The van der Waals surface area contributed by atoms with Gasteiger partial charge in [-0.3, -0.25) is 0 Å². The van der Waals surface area contributed by atoms with Gasteiger partial charge in [-0.25, -0.2) is 5.10 Å². The molecule has 1 aromatic heterocycles. The minimum absolute atomic E-state index is 0.0143. The van der Waals surface area contributed by atoms with Gasteiger partial charge in [0.25, 0.3) is 0 Å². The van der Waals surface area contributed by atoms with E-state index >= 15 is 0 Å². The third-order valence-electron chi connectivity index (χ3n) is 3.01. The number of nitrogens with one attached hydrogen (secondary N) is 1. The van der Waals surface area contributed by atoms with Crippen LogP contribution in [0.2, 0.25) is 0 Å². The zero-order chi connectivity index (χ0) is 15.5. The van der Waals surface area contributed by atoms with Crippen molar-refractivity contribution in [1.29, 1.82) is 0 Å². The predicted molar refractivity (Wildman–Crippen MR) is 85.6 cm³/mol. The molecule has 0 bridgehead atoms. The molecule has 110 valence electrons. The van der Waals surface area contributed by atoms with Crippen LogP contribution in [0.25, 0.3) is 11.4 Å². The number of aromatic nitrogens is 3. The van der Waals surface area contributed by atoms with E-state index in [-0.39, 0.29) is 11.5 Å². The Kier molecular flexibility index (Phi) is 3.71. The molecule has 7 heteroatoms. The van der Waals surface area contributed by atoms with Crippen molar-refractivity contribution in [1.82, 2.24) is 14.9 Å². The molecule has 6 nitrogen and oxygen atoms in total. The molecule has 0 radical (unpaired) electrons. The largest absolute Gasteiger partial charge is 0.508 e. The summed E-state index contributed by atoms with van der Waals surface area (Å²) in [5.74, 6) is 0.486. The molecule has 0 aliphatic rings. The van der Waals surface area contributed by atoms with Crippen molar-refractivity contribution < 1.29 is 10.2 Å². The monoisotopic (exact) mass is 312 g/mol. The molecular formula is C15H12N4O2S. The fraction of sp³-hybridized carbons (Fsp3) is 0. The normalized spacial score (nSPS) is 11.1. The van der Waals surface area contributed by atoms with Gasteiger partial charge in [-0.2, -0.15) is 14.9 Å². The summed E-state index contributed by atoms with van der Waals surface area (Å²) in [7, 11) is 0. The topological polar surface area (TPSA) is 86.4 Å². The average molecular weight is 312 g/mol. The molecule has 0 fully saturated rings. The van der Waals surface area contributed by atoms with Crippen LogP contribution in [0.1, 0.15) is 5.56 Å². The van der Waals surface area contributed by atoms with Gasteiger partial charge >= 0.3 is 0 Å². The smallest absolute Gasteiger partial charge is 0.216 e. The SMILES string of the molecule is Oc1ccc(/C=N/n2c(-c3ccccc3)n[nH]c2=S)c(O)c1. The fourth-order valence-corrected chi connectivity index (χ4v) is 2.11. The highest BCUT2D eigenvalue weighted by Gasteiger charge is 2.07. The molecule has 3 rings (SSSR count). The maximum Gasteiger partial charge on any atom is 0.216 e. The number of nitrogens with zero attached hydrogens (tertiary/aromatic N) is 3. The third kappa shape index (κ3) is 2.75. The molecule has 0 spiro atoms. The second-order valence-electron chi connectivity index (χ2n) is 4.52. The van der Waals surface area contributed by atoms with E-state index in [9.17, 15) is 10.2 Å². The van der Waals surface area contributed by atoms with Crippen molar-refractivity contribution >= 4 is 18.4 Å². The number of hydrogen-bond donors (Lipinski definition) is 3. The standard InChI is InChI=1S/C15H12N4O2S/c20-12-7-6-11(13(21)8-12)9-16-19-14(17-18-15(19)22)10-4-2-1-3-5-10/h1-9,20-21H,(H,18,22)/b16-9+. The van der Waals surface area contributed by atoms with Crippen LogP contribution in [0.4, 0.5) is 0 Å². The number of aromatic hydroxyl groups is 2. The lowest BCUT2D eigenvalue weighted by Gasteiger charge is -2.02. The number of aromatic amines is 1. The van der Waals surface area contributed by atoms with Crippen molar-refractivity contribution in [3.05, 3.63) is 58.9 Å². The van der Waals surface area contributed by atoms with E-state index < -0.39 is 0 Å². The number of phenols is 2. The summed E-state index contributed by atoms with van der Waals surface area (Å²) in [6.45, 7) is 0. The summed E-state index contributed by atoms with van der Waals surface area (Å²) in [6.07, 6.45) is 1.45. The van der Waals surface area contributed by atoms with Crippen LogP contribution >= 0.6 is 12.2 Å². The van der Waals surface area contributed by atoms with Crippen LogP contribution in [-0.2, 0) is 0 Å². The second-order valence-corrected chi connectivity index (χ2v) is 4.90. The van der Waals surface area contributed by atoms with Gasteiger partial charge in [-0.15, -0.1) is 0 Å². The van der Waals surface area contributed by atoms with Crippen LogP contribution in [0, 0.1) is 4.77 Å². The molecule has 0 saturated carbocycles. The molecule has 3 N–H and O–H groups in total. The van der Waals surface area contributed by atoms with Crippen LogP contribution in [0.15, 0.2) is 53.6 Å². The van der Waals surface area contributed by atoms with Gasteiger partial charge in [0.05, 0.1) is 6.21 Å². The van der Waals surface area contributed by atoms with E-state index in [1.54, 1.807) is 6.07 Å². The molecule has 0 unspecified atom stereocenters. The van der Waals surface area contributed by atoms with Gasteiger partial charge in [-0.1, -0.05) is 30.3 Å². The van der Waals surface area contributed by atoms with Gasteiger partial charge in [0.1, 0.15) is 11.5 Å². The maximum absolute atomic E-state index is 9.77. The first-order valence-corrected chi connectivity index (χ1v) is 6.85. The summed E-state index contributed by atoms with van der Waals surface area (Å²) in [4.78, 5) is 0. The van der Waals surface area contributed by atoms with E-state index in [4.69, 9.17) is 12.2 Å². The maximum atomic E-state index is 9.77. The van der Waals surface area contributed by atoms with Gasteiger partial charge in [0.2, 0.25) is 4.77 Å². The third-order valence-corrected chi connectivity index (χ3v) is 3.27. The predicted octanol–water partition coefficient (Wildman–Crippen LogP) is 2.90. The van der Waals surface area contributed by atoms with E-state index in [0.717, 1.165) is 5.56 Å². The number of rotatable bonds is 3. The van der Waals surface area contributed by atoms with Crippen molar-refractivity contribution in [2.45, 2.75) is 0 Å². The Balaban J connectivity index is 2.01. The summed E-state index contributed by atoms with van der Waals surface area (Å²) in [5, 5.41) is 30.2. The van der Waals surface area contributed by atoms with Crippen molar-refractivity contribution in [3.63, 3.8) is 0 Å². The second kappa shape index (κ2) is 5.82. The minimum atomic E-state index is -0.0694. The van der Waals surface area contributed by atoms with Gasteiger partial charge in [0, 0.05) is 17.2 Å². The van der Waals surface area contributed by atoms with Gasteiger partial charge < -0.3 is 10.2 Å². The highest BCUT2D eigenvalue weighted by Crippen LogP contribution is 2.21. The Morgan fingerprint density at radius 2 is 1.91 bits per heavy atom. The molecule has 1 heterocycles. The number of hydrogen-bond acceptors (Lipinski definition) is 5. The van der Waals surface area contributed by atoms with E-state index in [1.165, 1.54) is 23.0 Å². The molecule has 0 aliphatic heterocycles. The molecule has 0 aliphatic carbocycles. The Hall–Kier alpha value is -2.93. The molecule has 22 heavy (non-hydrogen) atoms. The zero-order valence-electron chi connectivity index (χ0n) is 11.3. The Bertz CT molecular complexity index is 884. The van der Waals surface area contributed by atoms with E-state index in [2.05, 4.69) is 15.3 Å². The van der Waals surface area contributed by atoms with Crippen LogP contribution in [0.5, 0.6) is 11.5 Å². The lowest BCUT2D eigenvalue weighted by Crippen LogP contribution is -1.95. The highest BCUT2D eigenvalue weighted by molar-refractivity contribution is 7.71. The first-order valence-electron chi connectivity index (χ1n) is 6.44. The fourth-order valence-electron chi connectivity index (χ4n) is 1.93. The van der Waals surface area contributed by atoms with Crippen molar-refractivity contribution in [2.24, 2.45) is 5.10 Å². The Morgan fingerprint density at radius 1 is 1.14 bits per heavy atom. The number of phenolic OH excluding ortho intramolecular Hbond substituents is 2. The average Bonchev–Trinajstić information content (AvgIpc) is 2.88. The summed E-state index contributed by atoms with van der Waals surface area (Å²) < 4.78 is 1.81.